The van der Waals surface area contributed by atoms with Crippen molar-refractivity contribution >= 4 is 0 Å². The van der Waals surface area contributed by atoms with Crippen LogP contribution < -0.4 is 5.32 Å². The van der Waals surface area contributed by atoms with Crippen LogP contribution in [0.5, 0.6) is 0 Å². The van der Waals surface area contributed by atoms with Crippen molar-refractivity contribution in [3.63, 3.8) is 0 Å². The van der Waals surface area contributed by atoms with Crippen molar-refractivity contribution in [2.75, 3.05) is 6.61 Å². The molecule has 18 heavy (non-hydrogen) atoms. The van der Waals surface area contributed by atoms with Gasteiger partial charge in [-0.3, -0.25) is 0 Å². The molecule has 1 fully saturated rings. The molecule has 0 amide bonds. The summed E-state index contributed by atoms with van der Waals surface area (Å²) in [6.45, 7) is 8.20. The van der Waals surface area contributed by atoms with Crippen LogP contribution in [0.4, 0.5) is 0 Å². The van der Waals surface area contributed by atoms with Crippen LogP contribution >= 0.6 is 0 Å². The number of nitrogens with one attached hydrogen (secondary N) is 1. The quantitative estimate of drug-likeness (QED) is 0.839. The monoisotopic (exact) mass is 249 g/mol. The number of hydrogen-bond donors (Lipinski definition) is 1. The first-order valence-electron chi connectivity index (χ1n) is 6.82. The second-order valence-electron chi connectivity index (χ2n) is 5.19. The fourth-order valence-corrected chi connectivity index (χ4v) is 2.72. The molecule has 100 valence electrons. The Hall–Kier alpha value is -1.00. The molecule has 0 aromatic carbocycles. The van der Waals surface area contributed by atoms with Crippen molar-refractivity contribution in [2.45, 2.75) is 52.3 Å². The van der Waals surface area contributed by atoms with E-state index in [9.17, 15) is 0 Å². The van der Waals surface area contributed by atoms with Crippen LogP contribution in [-0.2, 0) is 11.3 Å². The summed E-state index contributed by atoms with van der Waals surface area (Å²) in [7, 11) is 0. The Morgan fingerprint density at radius 3 is 2.94 bits per heavy atom. The molecule has 3 atom stereocenters. The Kier molecular flexibility index (Phi) is 4.30. The first-order chi connectivity index (χ1) is 8.70. The van der Waals surface area contributed by atoms with Gasteiger partial charge in [-0.05, 0) is 31.9 Å². The maximum Gasteiger partial charge on any atom is 0.0769 e. The second kappa shape index (κ2) is 5.76. The lowest BCUT2D eigenvalue weighted by atomic mass is 9.61. The van der Waals surface area contributed by atoms with E-state index in [0.29, 0.717) is 12.1 Å². The molecule has 4 nitrogen and oxygen atoms in total. The molecule has 1 aromatic rings. The summed E-state index contributed by atoms with van der Waals surface area (Å²) < 4.78 is 5.80. The Morgan fingerprint density at radius 1 is 1.50 bits per heavy atom. The minimum absolute atomic E-state index is 0.248. The lowest BCUT2D eigenvalue weighted by Gasteiger charge is -2.53. The van der Waals surface area contributed by atoms with Crippen molar-refractivity contribution in [3.05, 3.63) is 24.0 Å². The van der Waals surface area contributed by atoms with Gasteiger partial charge < -0.3 is 10.1 Å². The van der Waals surface area contributed by atoms with E-state index in [1.165, 1.54) is 0 Å². The van der Waals surface area contributed by atoms with Crippen LogP contribution in [0.25, 0.3) is 0 Å². The highest BCUT2D eigenvalue weighted by Crippen LogP contribution is 2.45. The highest BCUT2D eigenvalue weighted by Gasteiger charge is 2.50. The summed E-state index contributed by atoms with van der Waals surface area (Å²) in [5.74, 6) is 0. The highest BCUT2D eigenvalue weighted by molar-refractivity contribution is 5.06. The predicted octanol–water partition coefficient (Wildman–Crippen LogP) is 2.16. The Labute approximate surface area is 109 Å². The van der Waals surface area contributed by atoms with Gasteiger partial charge >= 0.3 is 0 Å². The van der Waals surface area contributed by atoms with Gasteiger partial charge in [0, 0.05) is 30.8 Å². The van der Waals surface area contributed by atoms with E-state index in [4.69, 9.17) is 4.74 Å². The first kappa shape index (κ1) is 13.4. The predicted molar refractivity (Wildman–Crippen MR) is 71.1 cm³/mol. The van der Waals surface area contributed by atoms with E-state index in [2.05, 4.69) is 36.3 Å². The molecule has 0 saturated heterocycles. The number of hydrogen-bond acceptors (Lipinski definition) is 4. The summed E-state index contributed by atoms with van der Waals surface area (Å²) in [6, 6.07) is 4.44. The lowest BCUT2D eigenvalue weighted by Crippen LogP contribution is -2.62. The van der Waals surface area contributed by atoms with Crippen LogP contribution in [0.3, 0.4) is 0 Å². The van der Waals surface area contributed by atoms with Gasteiger partial charge in [-0.2, -0.15) is 10.2 Å². The molecule has 4 heteroatoms. The molecule has 1 aromatic heterocycles. The average Bonchev–Trinajstić information content (AvgIpc) is 2.42. The Balaban J connectivity index is 1.88. The van der Waals surface area contributed by atoms with Crippen molar-refractivity contribution < 1.29 is 4.74 Å². The summed E-state index contributed by atoms with van der Waals surface area (Å²) >= 11 is 0. The van der Waals surface area contributed by atoms with Gasteiger partial charge in [-0.1, -0.05) is 13.8 Å². The molecule has 1 aliphatic rings. The summed E-state index contributed by atoms with van der Waals surface area (Å²) in [4.78, 5) is 0. The highest BCUT2D eigenvalue weighted by atomic mass is 16.5. The van der Waals surface area contributed by atoms with Gasteiger partial charge in [-0.25, -0.2) is 0 Å². The zero-order chi connectivity index (χ0) is 13.0. The minimum Gasteiger partial charge on any atom is -0.378 e. The van der Waals surface area contributed by atoms with Gasteiger partial charge in [0.2, 0.25) is 0 Å². The van der Waals surface area contributed by atoms with E-state index >= 15 is 0 Å². The van der Waals surface area contributed by atoms with Crippen molar-refractivity contribution in [1.29, 1.82) is 0 Å². The SMILES string of the molecule is CCOC1CC(NCc2cccnn2)C1(C)CC. The van der Waals surface area contributed by atoms with Gasteiger partial charge in [0.1, 0.15) is 0 Å². The van der Waals surface area contributed by atoms with E-state index in [0.717, 1.165) is 31.7 Å². The molecule has 1 N–H and O–H groups in total. The lowest BCUT2D eigenvalue weighted by molar-refractivity contribution is -0.126. The third kappa shape index (κ3) is 2.54. The largest absolute Gasteiger partial charge is 0.378 e. The molecule has 0 aliphatic heterocycles. The van der Waals surface area contributed by atoms with Crippen molar-refractivity contribution in [3.8, 4) is 0 Å². The second-order valence-corrected chi connectivity index (χ2v) is 5.19. The van der Waals surface area contributed by atoms with Crippen LogP contribution in [0.1, 0.15) is 39.3 Å². The third-order valence-electron chi connectivity index (χ3n) is 4.27. The molecule has 1 saturated carbocycles. The first-order valence-corrected chi connectivity index (χ1v) is 6.82. The fraction of sp³-hybridized carbons (Fsp3) is 0.714. The number of nitrogens with zero attached hydrogens (tertiary/aromatic N) is 2. The topological polar surface area (TPSA) is 47.0 Å². The van der Waals surface area contributed by atoms with Crippen molar-refractivity contribution in [2.24, 2.45) is 5.41 Å². The summed E-state index contributed by atoms with van der Waals surface area (Å²) in [6.07, 6.45) is 4.33. The number of ether oxygens (including phenoxy) is 1. The number of aromatic nitrogens is 2. The normalized spacial score (nSPS) is 31.1. The molecule has 0 radical (unpaired) electrons. The van der Waals surface area contributed by atoms with Crippen molar-refractivity contribution in [1.82, 2.24) is 15.5 Å². The molecular formula is C14H23N3O. The van der Waals surface area contributed by atoms with E-state index < -0.39 is 0 Å². The molecule has 0 bridgehead atoms. The van der Waals surface area contributed by atoms with Gasteiger partial charge in [0.05, 0.1) is 11.8 Å². The van der Waals surface area contributed by atoms with Gasteiger partial charge in [0.25, 0.3) is 0 Å². The molecule has 1 heterocycles. The molecule has 2 rings (SSSR count). The Morgan fingerprint density at radius 2 is 2.33 bits per heavy atom. The van der Waals surface area contributed by atoms with Crippen LogP contribution in [0, 0.1) is 5.41 Å². The third-order valence-corrected chi connectivity index (χ3v) is 4.27. The molecule has 0 spiro atoms. The van der Waals surface area contributed by atoms with Gasteiger partial charge in [-0.15, -0.1) is 0 Å². The van der Waals surface area contributed by atoms with E-state index in [-0.39, 0.29) is 5.41 Å². The van der Waals surface area contributed by atoms with E-state index in [1.54, 1.807) is 6.20 Å². The summed E-state index contributed by atoms with van der Waals surface area (Å²) in [5, 5.41) is 11.6. The fourth-order valence-electron chi connectivity index (χ4n) is 2.72. The Bertz CT molecular complexity index is 371. The zero-order valence-corrected chi connectivity index (χ0v) is 11.5. The molecule has 3 unspecified atom stereocenters. The molecular weight excluding hydrogens is 226 g/mol. The minimum atomic E-state index is 0.248. The maximum atomic E-state index is 5.80. The van der Waals surface area contributed by atoms with E-state index in [1.807, 2.05) is 12.1 Å². The standard InChI is InChI=1S/C14H23N3O/c1-4-14(3)12(9-13(14)18-5-2)15-10-11-7-6-8-16-17-11/h6-8,12-13,15H,4-5,9-10H2,1-3H3. The van der Waals surface area contributed by atoms with Crippen LogP contribution in [-0.4, -0.2) is 29.0 Å². The smallest absolute Gasteiger partial charge is 0.0769 e. The zero-order valence-electron chi connectivity index (χ0n) is 11.5. The van der Waals surface area contributed by atoms with Crippen LogP contribution in [0.2, 0.25) is 0 Å². The maximum absolute atomic E-state index is 5.80. The molecule has 1 aliphatic carbocycles. The average molecular weight is 249 g/mol. The van der Waals surface area contributed by atoms with Gasteiger partial charge in [0.15, 0.2) is 0 Å². The number of rotatable bonds is 6. The van der Waals surface area contributed by atoms with Crippen LogP contribution in [0.15, 0.2) is 18.3 Å². The summed E-state index contributed by atoms with van der Waals surface area (Å²) in [5.41, 5.74) is 1.24.